The molecule has 0 aliphatic carbocycles. The summed E-state index contributed by atoms with van der Waals surface area (Å²) < 4.78 is 11.0. The molecule has 7 nitrogen and oxygen atoms in total. The largest absolute Gasteiger partial charge is 0.486 e. The molecule has 3 N–H and O–H groups in total. The summed E-state index contributed by atoms with van der Waals surface area (Å²) in [6.45, 7) is 4.81. The molecule has 146 valence electrons. The lowest BCUT2D eigenvalue weighted by atomic mass is 10.1. The number of urea groups is 1. The van der Waals surface area contributed by atoms with E-state index in [1.807, 2.05) is 0 Å². The van der Waals surface area contributed by atoms with Gasteiger partial charge >= 0.3 is 6.03 Å². The first-order valence-electron chi connectivity index (χ1n) is 8.69. The van der Waals surface area contributed by atoms with Crippen LogP contribution in [-0.2, 0) is 11.2 Å². The van der Waals surface area contributed by atoms with Gasteiger partial charge in [-0.05, 0) is 42.0 Å². The molecule has 8 heteroatoms. The van der Waals surface area contributed by atoms with Crippen molar-refractivity contribution >= 4 is 34.9 Å². The topological polar surface area (TPSA) is 88.7 Å². The second-order valence-electron chi connectivity index (χ2n) is 6.03. The lowest BCUT2D eigenvalue weighted by molar-refractivity contribution is -0.115. The summed E-state index contributed by atoms with van der Waals surface area (Å²) in [5.74, 6) is 0.862. The van der Waals surface area contributed by atoms with Gasteiger partial charge in [0.25, 0.3) is 0 Å². The summed E-state index contributed by atoms with van der Waals surface area (Å²) in [5, 5.41) is 8.53. The van der Waals surface area contributed by atoms with E-state index in [0.717, 1.165) is 5.56 Å². The maximum Gasteiger partial charge on any atom is 0.319 e. The first-order chi connectivity index (χ1) is 13.5. The quantitative estimate of drug-likeness (QED) is 0.645. The van der Waals surface area contributed by atoms with Crippen LogP contribution >= 0.6 is 11.6 Å². The number of carbonyl (C=O) groups excluding carboxylic acids is 2. The summed E-state index contributed by atoms with van der Waals surface area (Å²) in [7, 11) is 0. The van der Waals surface area contributed by atoms with E-state index in [2.05, 4.69) is 22.5 Å². The zero-order valence-electron chi connectivity index (χ0n) is 15.1. The smallest absolute Gasteiger partial charge is 0.319 e. The lowest BCUT2D eigenvalue weighted by Crippen LogP contribution is -2.28. The number of fused-ring (bicyclic) bond motifs is 1. The Balaban J connectivity index is 1.57. The number of anilines is 2. The first-order valence-corrected chi connectivity index (χ1v) is 9.06. The van der Waals surface area contributed by atoms with Gasteiger partial charge < -0.3 is 25.4 Å². The second-order valence-corrected chi connectivity index (χ2v) is 6.44. The first kappa shape index (κ1) is 19.6. The van der Waals surface area contributed by atoms with Gasteiger partial charge in [-0.25, -0.2) is 4.79 Å². The molecule has 0 saturated heterocycles. The Kier molecular flexibility index (Phi) is 6.39. The number of ether oxygens (including phenoxy) is 2. The summed E-state index contributed by atoms with van der Waals surface area (Å²) >= 11 is 6.20. The highest BCUT2D eigenvalue weighted by atomic mass is 35.5. The predicted molar refractivity (Wildman–Crippen MR) is 108 cm³/mol. The Labute approximate surface area is 167 Å². The number of hydrogen-bond donors (Lipinski definition) is 3. The third-order valence-corrected chi connectivity index (χ3v) is 4.14. The number of hydrogen-bond acceptors (Lipinski definition) is 4. The molecule has 3 rings (SSSR count). The molecular weight excluding hydrogens is 382 g/mol. The molecule has 0 fully saturated rings. The summed E-state index contributed by atoms with van der Waals surface area (Å²) in [4.78, 5) is 23.9. The van der Waals surface area contributed by atoms with Crippen molar-refractivity contribution in [2.24, 2.45) is 0 Å². The van der Waals surface area contributed by atoms with Crippen LogP contribution in [0.1, 0.15) is 5.56 Å². The van der Waals surface area contributed by atoms with Crippen LogP contribution in [0.5, 0.6) is 11.5 Å². The maximum atomic E-state index is 12.3. The van der Waals surface area contributed by atoms with Gasteiger partial charge in [0.15, 0.2) is 11.5 Å². The molecule has 2 aromatic rings. The molecule has 0 unspecified atom stereocenters. The molecule has 1 aliphatic heterocycles. The van der Waals surface area contributed by atoms with Crippen LogP contribution in [0.25, 0.3) is 0 Å². The SMILES string of the molecule is C=CCNC(=O)Nc1ccc(NC(=O)Cc2cc(Cl)c3c(c2)OCCO3)cc1. The van der Waals surface area contributed by atoms with Gasteiger partial charge in [0.1, 0.15) is 13.2 Å². The fraction of sp³-hybridized carbons (Fsp3) is 0.200. The Hall–Kier alpha value is -3.19. The molecule has 0 radical (unpaired) electrons. The molecular formula is C20H20ClN3O4. The van der Waals surface area contributed by atoms with Gasteiger partial charge in [0.05, 0.1) is 11.4 Å². The Morgan fingerprint density at radius 2 is 1.75 bits per heavy atom. The van der Waals surface area contributed by atoms with Crippen molar-refractivity contribution in [3.8, 4) is 11.5 Å². The van der Waals surface area contributed by atoms with Crippen molar-refractivity contribution in [1.29, 1.82) is 0 Å². The zero-order valence-corrected chi connectivity index (χ0v) is 15.8. The van der Waals surface area contributed by atoms with Crippen molar-refractivity contribution in [2.45, 2.75) is 6.42 Å². The highest BCUT2D eigenvalue weighted by molar-refractivity contribution is 6.32. The van der Waals surface area contributed by atoms with Gasteiger partial charge in [0, 0.05) is 17.9 Å². The minimum atomic E-state index is -0.327. The number of carbonyl (C=O) groups is 2. The highest BCUT2D eigenvalue weighted by Crippen LogP contribution is 2.38. The molecule has 1 aliphatic rings. The second kappa shape index (κ2) is 9.14. The molecule has 2 aromatic carbocycles. The lowest BCUT2D eigenvalue weighted by Gasteiger charge is -2.20. The fourth-order valence-corrected chi connectivity index (χ4v) is 2.92. The molecule has 0 saturated carbocycles. The number of halogens is 1. The van der Waals surface area contributed by atoms with E-state index in [4.69, 9.17) is 21.1 Å². The minimum Gasteiger partial charge on any atom is -0.486 e. The molecule has 28 heavy (non-hydrogen) atoms. The van der Waals surface area contributed by atoms with E-state index in [1.165, 1.54) is 0 Å². The summed E-state index contributed by atoms with van der Waals surface area (Å²) in [5.41, 5.74) is 1.95. The number of rotatable bonds is 6. The maximum absolute atomic E-state index is 12.3. The molecule has 0 atom stereocenters. The average Bonchev–Trinajstić information content (AvgIpc) is 2.68. The van der Waals surface area contributed by atoms with Crippen molar-refractivity contribution in [3.63, 3.8) is 0 Å². The van der Waals surface area contributed by atoms with E-state index < -0.39 is 0 Å². The predicted octanol–water partition coefficient (Wildman–Crippen LogP) is 3.60. The van der Waals surface area contributed by atoms with Crippen molar-refractivity contribution in [3.05, 3.63) is 59.6 Å². The Bertz CT molecular complexity index is 884. The van der Waals surface area contributed by atoms with Crippen LogP contribution in [-0.4, -0.2) is 31.7 Å². The number of benzene rings is 2. The third-order valence-electron chi connectivity index (χ3n) is 3.85. The van der Waals surface area contributed by atoms with E-state index in [9.17, 15) is 9.59 Å². The van der Waals surface area contributed by atoms with Crippen molar-refractivity contribution in [2.75, 3.05) is 30.4 Å². The van der Waals surface area contributed by atoms with E-state index >= 15 is 0 Å². The van der Waals surface area contributed by atoms with Crippen LogP contribution < -0.4 is 25.4 Å². The van der Waals surface area contributed by atoms with Crippen LogP contribution in [0.3, 0.4) is 0 Å². The molecule has 3 amide bonds. The van der Waals surface area contributed by atoms with Gasteiger partial charge in [-0.15, -0.1) is 6.58 Å². The average molecular weight is 402 g/mol. The minimum absolute atomic E-state index is 0.139. The van der Waals surface area contributed by atoms with E-state index in [1.54, 1.807) is 42.5 Å². The molecule has 0 spiro atoms. The normalized spacial score (nSPS) is 12.0. The van der Waals surface area contributed by atoms with Gasteiger partial charge in [0.2, 0.25) is 5.91 Å². The Morgan fingerprint density at radius 3 is 2.46 bits per heavy atom. The zero-order chi connectivity index (χ0) is 19.9. The van der Waals surface area contributed by atoms with E-state index in [-0.39, 0.29) is 18.4 Å². The van der Waals surface area contributed by atoms with E-state index in [0.29, 0.717) is 47.7 Å². The van der Waals surface area contributed by atoms with Crippen LogP contribution in [0.15, 0.2) is 49.1 Å². The molecule has 0 aromatic heterocycles. The van der Waals surface area contributed by atoms with Crippen LogP contribution in [0, 0.1) is 0 Å². The molecule has 0 bridgehead atoms. The van der Waals surface area contributed by atoms with Crippen LogP contribution in [0.4, 0.5) is 16.2 Å². The Morgan fingerprint density at radius 1 is 1.07 bits per heavy atom. The third kappa shape index (κ3) is 5.17. The highest BCUT2D eigenvalue weighted by Gasteiger charge is 2.17. The van der Waals surface area contributed by atoms with Gasteiger partial charge in [-0.1, -0.05) is 17.7 Å². The van der Waals surface area contributed by atoms with Gasteiger partial charge in [-0.3, -0.25) is 4.79 Å². The summed E-state index contributed by atoms with van der Waals surface area (Å²) in [6, 6.07) is 9.94. The van der Waals surface area contributed by atoms with Crippen LogP contribution in [0.2, 0.25) is 5.02 Å². The van der Waals surface area contributed by atoms with Crippen molar-refractivity contribution < 1.29 is 19.1 Å². The van der Waals surface area contributed by atoms with Gasteiger partial charge in [-0.2, -0.15) is 0 Å². The molecule has 1 heterocycles. The fourth-order valence-electron chi connectivity index (χ4n) is 2.63. The number of nitrogens with one attached hydrogen (secondary N) is 3. The van der Waals surface area contributed by atoms with Crippen molar-refractivity contribution in [1.82, 2.24) is 5.32 Å². The monoisotopic (exact) mass is 401 g/mol. The number of amides is 3. The summed E-state index contributed by atoms with van der Waals surface area (Å²) in [6.07, 6.45) is 1.73. The standard InChI is InChI=1S/C20H20ClN3O4/c1-2-7-22-20(26)24-15-5-3-14(4-6-15)23-18(25)12-13-10-16(21)19-17(11-13)27-8-9-28-19/h2-6,10-11H,1,7-9,12H2,(H,23,25)(H2,22,24,26).